The average molecular weight is 502 g/mol. The van der Waals surface area contributed by atoms with Crippen LogP contribution in [-0.4, -0.2) is 74.1 Å². The van der Waals surface area contributed by atoms with Gasteiger partial charge in [0.25, 0.3) is 0 Å². The number of hydrogen-bond donors (Lipinski definition) is 1. The van der Waals surface area contributed by atoms with E-state index >= 15 is 0 Å². The number of carbonyl (C=O) groups is 2. The van der Waals surface area contributed by atoms with Crippen molar-refractivity contribution in [2.45, 2.75) is 32.5 Å². The second-order valence-corrected chi connectivity index (χ2v) is 8.28. The Morgan fingerprint density at radius 2 is 1.92 bits per heavy atom. The van der Waals surface area contributed by atoms with Crippen LogP contribution < -0.4 is 0 Å². The van der Waals surface area contributed by atoms with Crippen LogP contribution in [0, 0.1) is 5.92 Å². The number of fused-ring (bicyclic) bond motifs is 1. The van der Waals surface area contributed by atoms with E-state index in [-0.39, 0.29) is 43.3 Å². The molecule has 0 unspecified atom stereocenters. The molecule has 0 fully saturated rings. The summed E-state index contributed by atoms with van der Waals surface area (Å²) < 4.78 is 29.8. The van der Waals surface area contributed by atoms with Crippen LogP contribution in [0.5, 0.6) is 0 Å². The fourth-order valence-electron chi connectivity index (χ4n) is 4.33. The molecule has 0 spiro atoms. The van der Waals surface area contributed by atoms with Crippen LogP contribution in [0.25, 0.3) is 10.9 Å². The first-order chi connectivity index (χ1) is 17.5. The Labute approximate surface area is 211 Å². The first-order valence-corrected chi connectivity index (χ1v) is 12.2. The van der Waals surface area contributed by atoms with E-state index in [1.807, 2.05) is 37.4 Å². The van der Waals surface area contributed by atoms with Gasteiger partial charge in [-0.05, 0) is 31.1 Å². The lowest BCUT2D eigenvalue weighted by molar-refractivity contribution is -0.176. The van der Waals surface area contributed by atoms with Crippen molar-refractivity contribution in [1.29, 1.82) is 0 Å². The zero-order valence-corrected chi connectivity index (χ0v) is 20.9. The van der Waals surface area contributed by atoms with Gasteiger partial charge in [0.2, 0.25) is 18.0 Å². The standard InChI is InChI=1S/C27H35NO8/c1-4-12-35-26(31)25-17-22(23-18-28(19(3)30)24-9-7-6-8-20(23)24)21(27(36-25)34-5-2)10-13-32-15-16-33-14-11-29/h4,6-9,17-18,21-22,27,29H,1,5,10-16H2,2-3H3/t21-,22+,27-/m0/s1. The van der Waals surface area contributed by atoms with E-state index in [1.165, 1.54) is 13.0 Å². The molecule has 0 saturated carbocycles. The molecule has 9 nitrogen and oxygen atoms in total. The average Bonchev–Trinajstić information content (AvgIpc) is 3.27. The van der Waals surface area contributed by atoms with Gasteiger partial charge in [0.1, 0.15) is 6.61 Å². The number of hydrogen-bond acceptors (Lipinski definition) is 8. The van der Waals surface area contributed by atoms with Crippen LogP contribution in [0.1, 0.15) is 36.5 Å². The number of nitrogens with zero attached hydrogens (tertiary/aromatic N) is 1. The van der Waals surface area contributed by atoms with Crippen molar-refractivity contribution >= 4 is 22.8 Å². The highest BCUT2D eigenvalue weighted by Gasteiger charge is 2.39. The fraction of sp³-hybridized carbons (Fsp3) is 0.481. The molecular weight excluding hydrogens is 466 g/mol. The number of aliphatic hydroxyl groups is 1. The van der Waals surface area contributed by atoms with E-state index in [9.17, 15) is 9.59 Å². The van der Waals surface area contributed by atoms with Gasteiger partial charge in [-0.1, -0.05) is 30.9 Å². The van der Waals surface area contributed by atoms with Crippen molar-refractivity contribution < 1.29 is 38.4 Å². The molecule has 9 heteroatoms. The van der Waals surface area contributed by atoms with E-state index in [4.69, 9.17) is 28.8 Å². The largest absolute Gasteiger partial charge is 0.457 e. The van der Waals surface area contributed by atoms with Crippen LogP contribution >= 0.6 is 0 Å². The molecule has 1 N–H and O–H groups in total. The number of para-hydroxylation sites is 1. The quantitative estimate of drug-likeness (QED) is 0.239. The minimum atomic E-state index is -0.718. The molecule has 1 aliphatic heterocycles. The number of rotatable bonds is 14. The van der Waals surface area contributed by atoms with Gasteiger partial charge < -0.3 is 28.8 Å². The highest BCUT2D eigenvalue weighted by Crippen LogP contribution is 2.42. The number of aromatic nitrogens is 1. The van der Waals surface area contributed by atoms with Crippen molar-refractivity contribution in [2.75, 3.05) is 46.2 Å². The molecule has 0 saturated heterocycles. The van der Waals surface area contributed by atoms with Crippen LogP contribution in [-0.2, 0) is 28.5 Å². The summed E-state index contributed by atoms with van der Waals surface area (Å²) >= 11 is 0. The van der Waals surface area contributed by atoms with Gasteiger partial charge in [-0.25, -0.2) is 4.79 Å². The monoisotopic (exact) mass is 501 g/mol. The molecule has 0 amide bonds. The van der Waals surface area contributed by atoms with Gasteiger partial charge in [-0.3, -0.25) is 9.36 Å². The summed E-state index contributed by atoms with van der Waals surface area (Å²) in [5.41, 5.74) is 1.68. The SMILES string of the molecule is C=CCOC(=O)C1=C[C@@H](c2cn(C(C)=O)c3ccccc23)[C@H](CCOCCOCCO)[C@@H](OCC)O1. The molecule has 2 aromatic rings. The number of esters is 1. The lowest BCUT2D eigenvalue weighted by atomic mass is 9.81. The van der Waals surface area contributed by atoms with Crippen molar-refractivity contribution in [3.63, 3.8) is 0 Å². The summed E-state index contributed by atoms with van der Waals surface area (Å²) in [7, 11) is 0. The zero-order valence-electron chi connectivity index (χ0n) is 20.9. The molecule has 1 aromatic carbocycles. The van der Waals surface area contributed by atoms with Gasteiger partial charge in [0.05, 0.1) is 31.9 Å². The van der Waals surface area contributed by atoms with Crippen LogP contribution in [0.15, 0.2) is 55.0 Å². The Bertz CT molecular complexity index is 1060. The predicted molar refractivity (Wildman–Crippen MR) is 134 cm³/mol. The summed E-state index contributed by atoms with van der Waals surface area (Å²) in [4.78, 5) is 25.1. The van der Waals surface area contributed by atoms with Crippen LogP contribution in [0.4, 0.5) is 0 Å². The van der Waals surface area contributed by atoms with Gasteiger partial charge in [0, 0.05) is 43.6 Å². The Balaban J connectivity index is 1.95. The molecule has 0 aliphatic carbocycles. The minimum Gasteiger partial charge on any atom is -0.457 e. The van der Waals surface area contributed by atoms with Crippen molar-refractivity contribution in [3.05, 3.63) is 60.5 Å². The highest BCUT2D eigenvalue weighted by molar-refractivity contribution is 5.94. The summed E-state index contributed by atoms with van der Waals surface area (Å²) in [6.07, 6.45) is 4.92. The molecule has 196 valence electrons. The molecular formula is C27H35NO8. The van der Waals surface area contributed by atoms with Gasteiger partial charge in [-0.15, -0.1) is 0 Å². The normalized spacial score (nSPS) is 19.5. The van der Waals surface area contributed by atoms with Crippen molar-refractivity contribution in [1.82, 2.24) is 4.57 Å². The molecule has 36 heavy (non-hydrogen) atoms. The number of carbonyl (C=O) groups excluding carboxylic acids is 2. The summed E-state index contributed by atoms with van der Waals surface area (Å²) in [6.45, 7) is 8.81. The summed E-state index contributed by atoms with van der Waals surface area (Å²) in [6, 6.07) is 7.66. The second kappa shape index (κ2) is 13.9. The molecule has 3 atom stereocenters. The van der Waals surface area contributed by atoms with E-state index in [2.05, 4.69) is 6.58 Å². The van der Waals surface area contributed by atoms with Crippen LogP contribution in [0.3, 0.4) is 0 Å². The van der Waals surface area contributed by atoms with Gasteiger partial charge in [0.15, 0.2) is 0 Å². The third-order valence-corrected chi connectivity index (χ3v) is 5.89. The molecule has 1 aromatic heterocycles. The number of ether oxygens (including phenoxy) is 5. The smallest absolute Gasteiger partial charge is 0.373 e. The summed E-state index contributed by atoms with van der Waals surface area (Å²) in [5.74, 6) is -1.15. The summed E-state index contributed by atoms with van der Waals surface area (Å²) in [5, 5.41) is 9.73. The second-order valence-electron chi connectivity index (χ2n) is 8.28. The van der Waals surface area contributed by atoms with E-state index < -0.39 is 12.3 Å². The lowest BCUT2D eigenvalue weighted by Crippen LogP contribution is -2.37. The third-order valence-electron chi connectivity index (χ3n) is 5.89. The Morgan fingerprint density at radius 1 is 1.17 bits per heavy atom. The maximum Gasteiger partial charge on any atom is 0.373 e. The Morgan fingerprint density at radius 3 is 2.61 bits per heavy atom. The predicted octanol–water partition coefficient (Wildman–Crippen LogP) is 3.42. The maximum absolute atomic E-state index is 12.7. The van der Waals surface area contributed by atoms with Crippen molar-refractivity contribution in [3.8, 4) is 0 Å². The fourth-order valence-corrected chi connectivity index (χ4v) is 4.33. The highest BCUT2D eigenvalue weighted by atomic mass is 16.7. The van der Waals surface area contributed by atoms with E-state index in [0.717, 1.165) is 16.5 Å². The number of allylic oxidation sites excluding steroid dienone is 1. The zero-order chi connectivity index (χ0) is 25.9. The molecule has 1 aliphatic rings. The van der Waals surface area contributed by atoms with E-state index in [1.54, 1.807) is 10.6 Å². The topological polar surface area (TPSA) is 105 Å². The lowest BCUT2D eigenvalue weighted by Gasteiger charge is -2.36. The molecule has 3 rings (SSSR count). The first-order valence-electron chi connectivity index (χ1n) is 12.2. The van der Waals surface area contributed by atoms with Gasteiger partial charge in [-0.2, -0.15) is 0 Å². The Hall–Kier alpha value is -2.98. The maximum atomic E-state index is 12.7. The Kier molecular flexibility index (Phi) is 10.7. The number of aliphatic hydroxyl groups excluding tert-OH is 1. The first kappa shape index (κ1) is 27.6. The van der Waals surface area contributed by atoms with Gasteiger partial charge >= 0.3 is 5.97 Å². The number of benzene rings is 1. The van der Waals surface area contributed by atoms with Crippen LogP contribution in [0.2, 0.25) is 0 Å². The molecule has 0 radical (unpaired) electrons. The van der Waals surface area contributed by atoms with Crippen molar-refractivity contribution in [2.24, 2.45) is 5.92 Å². The minimum absolute atomic E-state index is 0.0328. The molecule has 0 bridgehead atoms. The molecule has 2 heterocycles. The third kappa shape index (κ3) is 6.82. The van der Waals surface area contributed by atoms with E-state index in [0.29, 0.717) is 32.8 Å².